The van der Waals surface area contributed by atoms with Gasteiger partial charge in [-0.3, -0.25) is 4.79 Å². The van der Waals surface area contributed by atoms with Gasteiger partial charge in [0.25, 0.3) is 0 Å². The lowest BCUT2D eigenvalue weighted by Gasteiger charge is -2.08. The van der Waals surface area contributed by atoms with Crippen LogP contribution in [0.3, 0.4) is 0 Å². The number of nitrogens with two attached hydrogens (primary N) is 1. The average Bonchev–Trinajstić information content (AvgIpc) is 3.00. The minimum absolute atomic E-state index is 0.126. The zero-order chi connectivity index (χ0) is 12.3. The summed E-state index contributed by atoms with van der Waals surface area (Å²) in [5.41, 5.74) is 8.59. The first kappa shape index (κ1) is 11.8. The van der Waals surface area contributed by atoms with Crippen LogP contribution >= 0.6 is 0 Å². The fraction of sp³-hybridized carbons (Fsp3) is 0.462. The summed E-state index contributed by atoms with van der Waals surface area (Å²) in [6, 6.07) is 6.27. The van der Waals surface area contributed by atoms with Crippen molar-refractivity contribution in [2.45, 2.75) is 32.2 Å². The summed E-state index contributed by atoms with van der Waals surface area (Å²) in [7, 11) is 0. The van der Waals surface area contributed by atoms with Crippen molar-refractivity contribution >= 4 is 17.3 Å². The van der Waals surface area contributed by atoms with Crippen LogP contribution in [-0.2, 0) is 4.79 Å². The third-order valence-corrected chi connectivity index (χ3v) is 2.72. The summed E-state index contributed by atoms with van der Waals surface area (Å²) in [5.74, 6) is 0.126. The number of nitrogens with one attached hydrogen (secondary N) is 2. The third-order valence-electron chi connectivity index (χ3n) is 2.72. The first-order chi connectivity index (χ1) is 8.13. The Morgan fingerprint density at radius 3 is 2.82 bits per heavy atom. The fourth-order valence-electron chi connectivity index (χ4n) is 1.76. The van der Waals surface area contributed by atoms with Gasteiger partial charge in [-0.05, 0) is 43.5 Å². The minimum atomic E-state index is 0.126. The number of aryl methyl sites for hydroxylation is 1. The van der Waals surface area contributed by atoms with Crippen molar-refractivity contribution in [3.8, 4) is 0 Å². The second-order valence-electron chi connectivity index (χ2n) is 4.65. The molecule has 0 radical (unpaired) electrons. The van der Waals surface area contributed by atoms with Crippen molar-refractivity contribution < 1.29 is 4.79 Å². The molecule has 0 bridgehead atoms. The van der Waals surface area contributed by atoms with E-state index < -0.39 is 0 Å². The van der Waals surface area contributed by atoms with Crippen molar-refractivity contribution in [1.29, 1.82) is 0 Å². The van der Waals surface area contributed by atoms with Gasteiger partial charge in [0, 0.05) is 30.4 Å². The van der Waals surface area contributed by atoms with Gasteiger partial charge in [-0.15, -0.1) is 0 Å². The SMILES string of the molecule is Cc1cc(N)cc(NCCC(=O)NC2CC2)c1. The van der Waals surface area contributed by atoms with Crippen LogP contribution in [0.15, 0.2) is 18.2 Å². The summed E-state index contributed by atoms with van der Waals surface area (Å²) >= 11 is 0. The highest BCUT2D eigenvalue weighted by Gasteiger charge is 2.22. The molecule has 4 N–H and O–H groups in total. The Bertz CT molecular complexity index is 393. The highest BCUT2D eigenvalue weighted by atomic mass is 16.1. The van der Waals surface area contributed by atoms with Crippen LogP contribution < -0.4 is 16.4 Å². The van der Waals surface area contributed by atoms with Crippen molar-refractivity contribution in [3.63, 3.8) is 0 Å². The topological polar surface area (TPSA) is 67.1 Å². The number of carbonyl (C=O) groups excluding carboxylic acids is 1. The van der Waals surface area contributed by atoms with Crippen LogP contribution in [0.25, 0.3) is 0 Å². The second kappa shape index (κ2) is 5.08. The molecule has 0 aliphatic heterocycles. The van der Waals surface area contributed by atoms with Crippen LogP contribution in [0, 0.1) is 6.92 Å². The van der Waals surface area contributed by atoms with E-state index in [1.54, 1.807) is 0 Å². The molecule has 1 amide bonds. The Labute approximate surface area is 102 Å². The van der Waals surface area contributed by atoms with Crippen LogP contribution in [0.5, 0.6) is 0 Å². The molecule has 2 rings (SSSR count). The summed E-state index contributed by atoms with van der Waals surface area (Å²) in [5, 5.41) is 6.17. The molecule has 4 heteroatoms. The van der Waals surface area contributed by atoms with Gasteiger partial charge in [0.05, 0.1) is 0 Å². The molecule has 0 spiro atoms. The van der Waals surface area contributed by atoms with Gasteiger partial charge in [0.15, 0.2) is 0 Å². The van der Waals surface area contributed by atoms with Gasteiger partial charge in [0.1, 0.15) is 0 Å². The summed E-state index contributed by atoms with van der Waals surface area (Å²) in [6.07, 6.45) is 2.77. The maximum atomic E-state index is 11.4. The molecule has 1 aliphatic carbocycles. The molecule has 0 saturated heterocycles. The Balaban J connectivity index is 1.74. The summed E-state index contributed by atoms with van der Waals surface area (Å²) < 4.78 is 0. The predicted octanol–water partition coefficient (Wildman–Crippen LogP) is 1.66. The lowest BCUT2D eigenvalue weighted by atomic mass is 10.2. The summed E-state index contributed by atoms with van der Waals surface area (Å²) in [6.45, 7) is 2.64. The molecule has 0 unspecified atom stereocenters. The first-order valence-corrected chi connectivity index (χ1v) is 6.04. The average molecular weight is 233 g/mol. The molecular formula is C13H19N3O. The Morgan fingerprint density at radius 1 is 1.41 bits per heavy atom. The van der Waals surface area contributed by atoms with Crippen LogP contribution in [0.4, 0.5) is 11.4 Å². The van der Waals surface area contributed by atoms with Gasteiger partial charge in [-0.2, -0.15) is 0 Å². The molecule has 17 heavy (non-hydrogen) atoms. The van der Waals surface area contributed by atoms with E-state index in [-0.39, 0.29) is 5.91 Å². The van der Waals surface area contributed by atoms with Crippen molar-refractivity contribution in [2.24, 2.45) is 0 Å². The zero-order valence-corrected chi connectivity index (χ0v) is 10.1. The van der Waals surface area contributed by atoms with Gasteiger partial charge < -0.3 is 16.4 Å². The fourth-order valence-corrected chi connectivity index (χ4v) is 1.76. The highest BCUT2D eigenvalue weighted by molar-refractivity contribution is 5.77. The molecule has 1 fully saturated rings. The number of rotatable bonds is 5. The molecule has 1 aliphatic rings. The lowest BCUT2D eigenvalue weighted by Crippen LogP contribution is -2.27. The van der Waals surface area contributed by atoms with Crippen LogP contribution in [0.2, 0.25) is 0 Å². The Morgan fingerprint density at radius 2 is 2.18 bits per heavy atom. The van der Waals surface area contributed by atoms with Crippen LogP contribution in [-0.4, -0.2) is 18.5 Å². The summed E-state index contributed by atoms with van der Waals surface area (Å²) in [4.78, 5) is 11.4. The molecule has 0 aromatic heterocycles. The smallest absolute Gasteiger partial charge is 0.221 e. The maximum absolute atomic E-state index is 11.4. The van der Waals surface area contributed by atoms with E-state index in [0.29, 0.717) is 19.0 Å². The molecule has 4 nitrogen and oxygen atoms in total. The number of nitrogen functional groups attached to an aromatic ring is 1. The van der Waals surface area contributed by atoms with Crippen molar-refractivity contribution in [3.05, 3.63) is 23.8 Å². The molecule has 1 aromatic rings. The monoisotopic (exact) mass is 233 g/mol. The molecule has 1 saturated carbocycles. The molecular weight excluding hydrogens is 214 g/mol. The molecule has 92 valence electrons. The zero-order valence-electron chi connectivity index (χ0n) is 10.1. The highest BCUT2D eigenvalue weighted by Crippen LogP contribution is 2.19. The standard InChI is InChI=1S/C13H19N3O/c1-9-6-10(14)8-12(7-9)15-5-4-13(17)16-11-2-3-11/h6-8,11,15H,2-5,14H2,1H3,(H,16,17). The largest absolute Gasteiger partial charge is 0.399 e. The minimum Gasteiger partial charge on any atom is -0.399 e. The quantitative estimate of drug-likeness (QED) is 0.677. The molecule has 0 atom stereocenters. The number of benzene rings is 1. The van der Waals surface area contributed by atoms with E-state index in [2.05, 4.69) is 10.6 Å². The van der Waals surface area contributed by atoms with E-state index in [4.69, 9.17) is 5.73 Å². The maximum Gasteiger partial charge on any atom is 0.221 e. The van der Waals surface area contributed by atoms with Crippen molar-refractivity contribution in [1.82, 2.24) is 5.32 Å². The third kappa shape index (κ3) is 3.98. The van der Waals surface area contributed by atoms with Gasteiger partial charge in [-0.1, -0.05) is 0 Å². The first-order valence-electron chi connectivity index (χ1n) is 6.04. The van der Waals surface area contributed by atoms with E-state index in [1.807, 2.05) is 25.1 Å². The number of anilines is 2. The second-order valence-corrected chi connectivity index (χ2v) is 4.65. The van der Waals surface area contributed by atoms with E-state index in [1.165, 1.54) is 0 Å². The van der Waals surface area contributed by atoms with E-state index in [9.17, 15) is 4.79 Å². The van der Waals surface area contributed by atoms with E-state index in [0.717, 1.165) is 29.8 Å². The Kier molecular flexibility index (Phi) is 3.52. The normalized spacial score (nSPS) is 14.4. The van der Waals surface area contributed by atoms with Gasteiger partial charge >= 0.3 is 0 Å². The predicted molar refractivity (Wildman–Crippen MR) is 69.9 cm³/mol. The number of hydrogen-bond donors (Lipinski definition) is 3. The van der Waals surface area contributed by atoms with Crippen molar-refractivity contribution in [2.75, 3.05) is 17.6 Å². The molecule has 0 heterocycles. The van der Waals surface area contributed by atoms with Gasteiger partial charge in [-0.25, -0.2) is 0 Å². The number of hydrogen-bond acceptors (Lipinski definition) is 3. The lowest BCUT2D eigenvalue weighted by molar-refractivity contribution is -0.120. The van der Waals surface area contributed by atoms with Gasteiger partial charge in [0.2, 0.25) is 5.91 Å². The molecule has 1 aromatic carbocycles. The number of amides is 1. The van der Waals surface area contributed by atoms with E-state index >= 15 is 0 Å². The number of carbonyl (C=O) groups is 1. The van der Waals surface area contributed by atoms with Crippen LogP contribution in [0.1, 0.15) is 24.8 Å². The Hall–Kier alpha value is -1.71.